The molecule has 2 aromatic carbocycles. The lowest BCUT2D eigenvalue weighted by molar-refractivity contribution is -0.156. The number of fused-ring (bicyclic) bond motifs is 1. The zero-order chi connectivity index (χ0) is 16.7. The Balaban J connectivity index is 2.25. The fraction of sp³-hybridized carbons (Fsp3) is 0.176. The standard InChI is InChI=1S/C17H12F3NO2/c1-23-15(22)11-5-4-6-12(9-11)16(17(18,19)20)10-21-14-8-3-2-7-13(14)16/h2-10H,1H3. The van der Waals surface area contributed by atoms with Crippen molar-refractivity contribution in [2.75, 3.05) is 7.11 Å². The number of para-hydroxylation sites is 1. The monoisotopic (exact) mass is 319 g/mol. The summed E-state index contributed by atoms with van der Waals surface area (Å²) in [6.45, 7) is 0. The van der Waals surface area contributed by atoms with E-state index in [9.17, 15) is 18.0 Å². The molecule has 0 fully saturated rings. The molecule has 2 aromatic rings. The van der Waals surface area contributed by atoms with Crippen molar-refractivity contribution in [1.29, 1.82) is 0 Å². The molecule has 1 aliphatic heterocycles. The van der Waals surface area contributed by atoms with E-state index in [1.54, 1.807) is 6.07 Å². The number of hydrogen-bond acceptors (Lipinski definition) is 3. The van der Waals surface area contributed by atoms with Gasteiger partial charge in [-0.2, -0.15) is 13.2 Å². The highest BCUT2D eigenvalue weighted by molar-refractivity contribution is 5.93. The summed E-state index contributed by atoms with van der Waals surface area (Å²) in [7, 11) is 1.18. The molecular weight excluding hydrogens is 307 g/mol. The van der Waals surface area contributed by atoms with Gasteiger partial charge in [0, 0.05) is 11.8 Å². The number of carbonyl (C=O) groups excluding carboxylic acids is 1. The average Bonchev–Trinajstić information content (AvgIpc) is 2.95. The molecule has 0 aliphatic carbocycles. The van der Waals surface area contributed by atoms with Crippen LogP contribution in [-0.4, -0.2) is 25.5 Å². The van der Waals surface area contributed by atoms with Crippen molar-refractivity contribution < 1.29 is 22.7 Å². The van der Waals surface area contributed by atoms with Crippen LogP contribution in [0.5, 0.6) is 0 Å². The van der Waals surface area contributed by atoms with Gasteiger partial charge in [0.15, 0.2) is 5.41 Å². The second-order valence-corrected chi connectivity index (χ2v) is 5.15. The number of benzene rings is 2. The van der Waals surface area contributed by atoms with Crippen LogP contribution in [0.3, 0.4) is 0 Å². The van der Waals surface area contributed by atoms with E-state index in [4.69, 9.17) is 0 Å². The Bertz CT molecular complexity index is 798. The van der Waals surface area contributed by atoms with Crippen molar-refractivity contribution in [3.05, 3.63) is 65.2 Å². The van der Waals surface area contributed by atoms with E-state index in [0.29, 0.717) is 0 Å². The van der Waals surface area contributed by atoms with Gasteiger partial charge in [-0.05, 0) is 23.8 Å². The van der Waals surface area contributed by atoms with Crippen LogP contribution in [0.25, 0.3) is 0 Å². The maximum Gasteiger partial charge on any atom is 0.407 e. The van der Waals surface area contributed by atoms with Gasteiger partial charge in [-0.3, -0.25) is 4.99 Å². The van der Waals surface area contributed by atoms with Crippen LogP contribution in [0.1, 0.15) is 21.5 Å². The van der Waals surface area contributed by atoms with Gasteiger partial charge in [-0.25, -0.2) is 4.79 Å². The summed E-state index contributed by atoms with van der Waals surface area (Å²) in [5, 5.41) is 0. The van der Waals surface area contributed by atoms with Gasteiger partial charge in [0.1, 0.15) is 0 Å². The zero-order valence-corrected chi connectivity index (χ0v) is 12.1. The number of esters is 1. The summed E-state index contributed by atoms with van der Waals surface area (Å²) in [5.74, 6) is -0.688. The largest absolute Gasteiger partial charge is 0.465 e. The van der Waals surface area contributed by atoms with Crippen LogP contribution in [0, 0.1) is 0 Å². The molecule has 1 heterocycles. The second-order valence-electron chi connectivity index (χ2n) is 5.15. The summed E-state index contributed by atoms with van der Waals surface area (Å²) in [6, 6.07) is 11.5. The minimum Gasteiger partial charge on any atom is -0.465 e. The lowest BCUT2D eigenvalue weighted by Crippen LogP contribution is -2.43. The van der Waals surface area contributed by atoms with E-state index in [0.717, 1.165) is 6.21 Å². The lowest BCUT2D eigenvalue weighted by Gasteiger charge is -2.31. The number of carbonyl (C=O) groups is 1. The van der Waals surface area contributed by atoms with Crippen LogP contribution in [0.4, 0.5) is 18.9 Å². The molecular formula is C17H12F3NO2. The third-order valence-electron chi connectivity index (χ3n) is 3.91. The summed E-state index contributed by atoms with van der Waals surface area (Å²) in [5.41, 5.74) is -2.05. The van der Waals surface area contributed by atoms with Crippen LogP contribution in [0.15, 0.2) is 53.5 Å². The number of nitrogens with zero attached hydrogens (tertiary/aromatic N) is 1. The molecule has 0 bridgehead atoms. The Morgan fingerprint density at radius 1 is 1.13 bits per heavy atom. The molecule has 1 aliphatic rings. The number of ether oxygens (including phenoxy) is 1. The Hall–Kier alpha value is -2.63. The molecule has 0 saturated carbocycles. The molecule has 3 nitrogen and oxygen atoms in total. The van der Waals surface area contributed by atoms with Crippen LogP contribution in [-0.2, 0) is 10.2 Å². The first-order valence-corrected chi connectivity index (χ1v) is 6.80. The molecule has 0 radical (unpaired) electrons. The molecule has 118 valence electrons. The third kappa shape index (κ3) is 2.21. The van der Waals surface area contributed by atoms with E-state index >= 15 is 0 Å². The number of rotatable bonds is 2. The fourth-order valence-electron chi connectivity index (χ4n) is 2.78. The average molecular weight is 319 g/mol. The third-order valence-corrected chi connectivity index (χ3v) is 3.91. The first-order chi connectivity index (χ1) is 10.9. The SMILES string of the molecule is COC(=O)c1cccc(C2(C(F)(F)F)C=Nc3ccccc32)c1. The summed E-state index contributed by atoms with van der Waals surface area (Å²) in [4.78, 5) is 15.6. The summed E-state index contributed by atoms with van der Waals surface area (Å²) < 4.78 is 46.6. The topological polar surface area (TPSA) is 38.7 Å². The van der Waals surface area contributed by atoms with E-state index in [1.807, 2.05) is 0 Å². The van der Waals surface area contributed by atoms with Gasteiger partial charge < -0.3 is 4.74 Å². The van der Waals surface area contributed by atoms with Crippen molar-refractivity contribution >= 4 is 17.9 Å². The molecule has 0 N–H and O–H groups in total. The normalized spacial score (nSPS) is 19.5. The van der Waals surface area contributed by atoms with Gasteiger partial charge in [0.25, 0.3) is 0 Å². The van der Waals surface area contributed by atoms with Crippen molar-refractivity contribution in [2.24, 2.45) is 4.99 Å². The predicted octanol–water partition coefficient (Wildman–Crippen LogP) is 4.04. The van der Waals surface area contributed by atoms with Crippen molar-refractivity contribution in [1.82, 2.24) is 0 Å². The summed E-state index contributed by atoms with van der Waals surface area (Å²) in [6.07, 6.45) is -3.70. The van der Waals surface area contributed by atoms with Crippen molar-refractivity contribution in [3.8, 4) is 0 Å². The quantitative estimate of drug-likeness (QED) is 0.784. The highest BCUT2D eigenvalue weighted by Crippen LogP contribution is 2.51. The first-order valence-electron chi connectivity index (χ1n) is 6.80. The second kappa shape index (κ2) is 5.22. The molecule has 0 amide bonds. The van der Waals surface area contributed by atoms with Gasteiger partial charge in [0.05, 0.1) is 18.4 Å². The first kappa shape index (κ1) is 15.3. The molecule has 23 heavy (non-hydrogen) atoms. The maximum absolute atomic E-state index is 14.0. The van der Waals surface area contributed by atoms with Gasteiger partial charge >= 0.3 is 12.1 Å². The number of halogens is 3. The number of hydrogen-bond donors (Lipinski definition) is 0. The Morgan fingerprint density at radius 3 is 2.57 bits per heavy atom. The molecule has 1 atom stereocenters. The zero-order valence-electron chi connectivity index (χ0n) is 12.1. The van der Waals surface area contributed by atoms with E-state index in [-0.39, 0.29) is 22.4 Å². The van der Waals surface area contributed by atoms with Crippen LogP contribution in [0.2, 0.25) is 0 Å². The minimum atomic E-state index is -4.60. The molecule has 3 rings (SSSR count). The van der Waals surface area contributed by atoms with Gasteiger partial charge in [-0.15, -0.1) is 0 Å². The van der Waals surface area contributed by atoms with E-state index in [2.05, 4.69) is 9.73 Å². The number of alkyl halides is 3. The van der Waals surface area contributed by atoms with Crippen molar-refractivity contribution in [3.63, 3.8) is 0 Å². The molecule has 6 heteroatoms. The summed E-state index contributed by atoms with van der Waals surface area (Å²) >= 11 is 0. The Kier molecular flexibility index (Phi) is 3.47. The fourth-order valence-corrected chi connectivity index (χ4v) is 2.78. The van der Waals surface area contributed by atoms with Gasteiger partial charge in [0.2, 0.25) is 0 Å². The Labute approximate surface area is 130 Å². The van der Waals surface area contributed by atoms with Crippen molar-refractivity contribution in [2.45, 2.75) is 11.6 Å². The molecule has 1 unspecified atom stereocenters. The smallest absolute Gasteiger partial charge is 0.407 e. The molecule has 0 spiro atoms. The Morgan fingerprint density at radius 2 is 1.87 bits per heavy atom. The predicted molar refractivity (Wildman–Crippen MR) is 79.2 cm³/mol. The molecule has 0 aromatic heterocycles. The highest BCUT2D eigenvalue weighted by atomic mass is 19.4. The maximum atomic E-state index is 14.0. The number of aliphatic imine (C=N–C) groups is 1. The molecule has 0 saturated heterocycles. The van der Waals surface area contributed by atoms with Gasteiger partial charge in [-0.1, -0.05) is 30.3 Å². The van der Waals surface area contributed by atoms with E-state index < -0.39 is 17.6 Å². The van der Waals surface area contributed by atoms with E-state index in [1.165, 1.54) is 49.6 Å². The van der Waals surface area contributed by atoms with Crippen LogP contribution < -0.4 is 0 Å². The van der Waals surface area contributed by atoms with Crippen LogP contribution >= 0.6 is 0 Å². The number of methoxy groups -OCH3 is 1. The minimum absolute atomic E-state index is 0.0505. The lowest BCUT2D eigenvalue weighted by atomic mass is 9.75. The highest BCUT2D eigenvalue weighted by Gasteiger charge is 2.59.